The topological polar surface area (TPSA) is 84.9 Å². The first-order valence-electron chi connectivity index (χ1n) is 6.18. The van der Waals surface area contributed by atoms with E-state index in [1.165, 1.54) is 12.1 Å². The number of carboxylic acid groups (broad SMARTS) is 1. The van der Waals surface area contributed by atoms with Gasteiger partial charge in [0.1, 0.15) is 0 Å². The van der Waals surface area contributed by atoms with Crippen molar-refractivity contribution in [1.29, 1.82) is 0 Å². The van der Waals surface area contributed by atoms with Crippen molar-refractivity contribution in [2.45, 2.75) is 0 Å². The number of rotatable bonds is 3. The van der Waals surface area contributed by atoms with Crippen molar-refractivity contribution in [1.82, 2.24) is 0 Å². The van der Waals surface area contributed by atoms with Gasteiger partial charge >= 0.3 is 5.97 Å². The van der Waals surface area contributed by atoms with Crippen LogP contribution in [0.25, 0.3) is 0 Å². The second-order valence-corrected chi connectivity index (χ2v) is 4.37. The predicted octanol–water partition coefficient (Wildman–Crippen LogP) is 2.37. The Bertz CT molecular complexity index is 726. The second-order valence-electron chi connectivity index (χ2n) is 4.37. The SMILES string of the molecule is O=C(Nc1ccccc1C(=O)O)c1ccc2c(c1)OCO2. The van der Waals surface area contributed by atoms with Crippen LogP contribution in [0.15, 0.2) is 42.5 Å². The summed E-state index contributed by atoms with van der Waals surface area (Å²) in [5, 5.41) is 11.7. The summed E-state index contributed by atoms with van der Waals surface area (Å²) in [7, 11) is 0. The molecule has 0 radical (unpaired) electrons. The third-order valence-corrected chi connectivity index (χ3v) is 3.04. The van der Waals surface area contributed by atoms with Crippen molar-refractivity contribution < 1.29 is 24.2 Å². The fourth-order valence-corrected chi connectivity index (χ4v) is 2.01. The van der Waals surface area contributed by atoms with Crippen molar-refractivity contribution in [2.24, 2.45) is 0 Å². The lowest BCUT2D eigenvalue weighted by molar-refractivity contribution is 0.0698. The molecular weight excluding hydrogens is 274 g/mol. The van der Waals surface area contributed by atoms with Gasteiger partial charge in [0.05, 0.1) is 11.3 Å². The Morgan fingerprint density at radius 3 is 2.62 bits per heavy atom. The first-order chi connectivity index (χ1) is 10.1. The summed E-state index contributed by atoms with van der Waals surface area (Å²) >= 11 is 0. The molecular formula is C15H11NO5. The van der Waals surface area contributed by atoms with Gasteiger partial charge in [-0.3, -0.25) is 4.79 Å². The van der Waals surface area contributed by atoms with Crippen LogP contribution in [0, 0.1) is 0 Å². The molecule has 0 saturated carbocycles. The average Bonchev–Trinajstić information content (AvgIpc) is 2.94. The summed E-state index contributed by atoms with van der Waals surface area (Å²) < 4.78 is 10.4. The number of ether oxygens (including phenoxy) is 2. The van der Waals surface area contributed by atoms with E-state index in [4.69, 9.17) is 14.6 Å². The fraction of sp³-hybridized carbons (Fsp3) is 0.0667. The minimum atomic E-state index is -1.10. The highest BCUT2D eigenvalue weighted by Gasteiger charge is 2.17. The van der Waals surface area contributed by atoms with Crippen molar-refractivity contribution in [2.75, 3.05) is 12.1 Å². The number of aromatic carboxylic acids is 1. The zero-order valence-corrected chi connectivity index (χ0v) is 10.8. The molecule has 0 unspecified atom stereocenters. The molecule has 0 spiro atoms. The third kappa shape index (κ3) is 2.51. The molecule has 0 atom stereocenters. The molecule has 1 amide bonds. The summed E-state index contributed by atoms with van der Waals surface area (Å²) in [4.78, 5) is 23.3. The molecule has 1 aliphatic heterocycles. The number of carbonyl (C=O) groups is 2. The van der Waals surface area contributed by atoms with Crippen LogP contribution in [0.2, 0.25) is 0 Å². The molecule has 0 fully saturated rings. The molecule has 1 aliphatic rings. The lowest BCUT2D eigenvalue weighted by Crippen LogP contribution is -2.14. The number of anilines is 1. The molecule has 0 aromatic heterocycles. The number of fused-ring (bicyclic) bond motifs is 1. The second kappa shape index (κ2) is 5.16. The Labute approximate surface area is 119 Å². The average molecular weight is 285 g/mol. The van der Waals surface area contributed by atoms with E-state index in [1.54, 1.807) is 30.3 Å². The molecule has 2 aromatic carbocycles. The number of hydrogen-bond acceptors (Lipinski definition) is 4. The van der Waals surface area contributed by atoms with E-state index < -0.39 is 11.9 Å². The van der Waals surface area contributed by atoms with E-state index in [2.05, 4.69) is 5.32 Å². The van der Waals surface area contributed by atoms with Gasteiger partial charge in [0, 0.05) is 5.56 Å². The van der Waals surface area contributed by atoms with Gasteiger partial charge in [0.25, 0.3) is 5.91 Å². The molecule has 6 heteroatoms. The van der Waals surface area contributed by atoms with Crippen molar-refractivity contribution in [3.8, 4) is 11.5 Å². The highest BCUT2D eigenvalue weighted by atomic mass is 16.7. The largest absolute Gasteiger partial charge is 0.478 e. The molecule has 21 heavy (non-hydrogen) atoms. The zero-order chi connectivity index (χ0) is 14.8. The lowest BCUT2D eigenvalue weighted by Gasteiger charge is -2.08. The van der Waals surface area contributed by atoms with Crippen LogP contribution in [0.4, 0.5) is 5.69 Å². The van der Waals surface area contributed by atoms with Crippen LogP contribution >= 0.6 is 0 Å². The van der Waals surface area contributed by atoms with Crippen molar-refractivity contribution in [3.05, 3.63) is 53.6 Å². The number of carbonyl (C=O) groups excluding carboxylic acids is 1. The smallest absolute Gasteiger partial charge is 0.337 e. The fourth-order valence-electron chi connectivity index (χ4n) is 2.01. The van der Waals surface area contributed by atoms with Gasteiger partial charge in [0.2, 0.25) is 6.79 Å². The molecule has 2 N–H and O–H groups in total. The Hall–Kier alpha value is -3.02. The minimum Gasteiger partial charge on any atom is -0.478 e. The molecule has 0 saturated heterocycles. The number of carboxylic acids is 1. The number of para-hydroxylation sites is 1. The van der Waals surface area contributed by atoms with Crippen molar-refractivity contribution in [3.63, 3.8) is 0 Å². The molecule has 0 aliphatic carbocycles. The maximum atomic E-state index is 12.2. The highest BCUT2D eigenvalue weighted by Crippen LogP contribution is 2.32. The van der Waals surface area contributed by atoms with Gasteiger partial charge in [-0.15, -0.1) is 0 Å². The van der Waals surface area contributed by atoms with E-state index in [1.807, 2.05) is 0 Å². The van der Waals surface area contributed by atoms with E-state index in [0.29, 0.717) is 17.1 Å². The Morgan fingerprint density at radius 2 is 1.81 bits per heavy atom. The third-order valence-electron chi connectivity index (χ3n) is 3.04. The molecule has 0 bridgehead atoms. The van der Waals surface area contributed by atoms with Gasteiger partial charge in [-0.25, -0.2) is 4.79 Å². The quantitative estimate of drug-likeness (QED) is 0.904. The summed E-state index contributed by atoms with van der Waals surface area (Å²) in [6.07, 6.45) is 0. The maximum Gasteiger partial charge on any atom is 0.337 e. The summed E-state index contributed by atoms with van der Waals surface area (Å²) in [6.45, 7) is 0.127. The zero-order valence-electron chi connectivity index (χ0n) is 10.8. The minimum absolute atomic E-state index is 0.0339. The molecule has 3 rings (SSSR count). The number of nitrogens with one attached hydrogen (secondary N) is 1. The van der Waals surface area contributed by atoms with Crippen LogP contribution in [0.1, 0.15) is 20.7 Å². The molecule has 106 valence electrons. The van der Waals surface area contributed by atoms with E-state index in [9.17, 15) is 9.59 Å². The lowest BCUT2D eigenvalue weighted by atomic mass is 10.1. The van der Waals surface area contributed by atoms with E-state index in [0.717, 1.165) is 0 Å². The van der Waals surface area contributed by atoms with Crippen LogP contribution < -0.4 is 14.8 Å². The van der Waals surface area contributed by atoms with Crippen LogP contribution in [0.3, 0.4) is 0 Å². The van der Waals surface area contributed by atoms with Crippen LogP contribution in [-0.4, -0.2) is 23.8 Å². The van der Waals surface area contributed by atoms with E-state index >= 15 is 0 Å². The van der Waals surface area contributed by atoms with Crippen molar-refractivity contribution >= 4 is 17.6 Å². The Balaban J connectivity index is 1.85. The first-order valence-corrected chi connectivity index (χ1v) is 6.18. The number of amides is 1. The molecule has 1 heterocycles. The number of hydrogen-bond donors (Lipinski definition) is 2. The molecule has 6 nitrogen and oxygen atoms in total. The number of benzene rings is 2. The maximum absolute atomic E-state index is 12.2. The monoisotopic (exact) mass is 285 g/mol. The predicted molar refractivity (Wildman–Crippen MR) is 73.9 cm³/mol. The van der Waals surface area contributed by atoms with Gasteiger partial charge in [0.15, 0.2) is 11.5 Å². The highest BCUT2D eigenvalue weighted by molar-refractivity contribution is 6.08. The normalized spacial score (nSPS) is 12.0. The summed E-state index contributed by atoms with van der Waals surface area (Å²) in [5.41, 5.74) is 0.638. The van der Waals surface area contributed by atoms with Gasteiger partial charge in [-0.05, 0) is 30.3 Å². The summed E-state index contributed by atoms with van der Waals surface area (Å²) in [6, 6.07) is 11.0. The Morgan fingerprint density at radius 1 is 1.05 bits per heavy atom. The van der Waals surface area contributed by atoms with Gasteiger partial charge < -0.3 is 19.9 Å². The summed E-state index contributed by atoms with van der Waals surface area (Å²) in [5.74, 6) is -0.440. The Kier molecular flexibility index (Phi) is 3.19. The van der Waals surface area contributed by atoms with Crippen LogP contribution in [-0.2, 0) is 0 Å². The van der Waals surface area contributed by atoms with Crippen LogP contribution in [0.5, 0.6) is 11.5 Å². The molecule has 2 aromatic rings. The first kappa shape index (κ1) is 13.0. The van der Waals surface area contributed by atoms with Gasteiger partial charge in [-0.1, -0.05) is 12.1 Å². The van der Waals surface area contributed by atoms with E-state index in [-0.39, 0.29) is 18.0 Å². The standard InChI is InChI=1S/C15H11NO5/c17-14(9-5-6-12-13(7-9)21-8-20-12)16-11-4-2-1-3-10(11)15(18)19/h1-7H,8H2,(H,16,17)(H,18,19). The van der Waals surface area contributed by atoms with Gasteiger partial charge in [-0.2, -0.15) is 0 Å².